The zero-order chi connectivity index (χ0) is 19.4. The van der Waals surface area contributed by atoms with Crippen LogP contribution in [0.3, 0.4) is 0 Å². The van der Waals surface area contributed by atoms with Crippen molar-refractivity contribution in [1.82, 2.24) is 4.98 Å². The van der Waals surface area contributed by atoms with E-state index < -0.39 is 0 Å². The van der Waals surface area contributed by atoms with Gasteiger partial charge in [0.1, 0.15) is 0 Å². The summed E-state index contributed by atoms with van der Waals surface area (Å²) in [7, 11) is 6.23. The largest absolute Gasteiger partial charge is 0.493 e. The minimum Gasteiger partial charge on any atom is -0.493 e. The quantitative estimate of drug-likeness (QED) is 0.481. The fraction of sp³-hybridized carbons (Fsp3) is 0.250. The highest BCUT2D eigenvalue weighted by atomic mass is 16.7. The smallest absolute Gasteiger partial charge is 0.189 e. The summed E-state index contributed by atoms with van der Waals surface area (Å²) in [6, 6.07) is 9.03. The van der Waals surface area contributed by atoms with Crippen molar-refractivity contribution in [3.8, 4) is 34.3 Å². The monoisotopic (exact) mass is 371 g/mol. The molecule has 1 N–H and O–H groups in total. The van der Waals surface area contributed by atoms with Crippen molar-refractivity contribution in [2.75, 3.05) is 35.2 Å². The molecule has 0 aliphatic heterocycles. The maximum atomic E-state index is 11.9. The first-order valence-electron chi connectivity index (χ1n) is 8.20. The van der Waals surface area contributed by atoms with E-state index in [9.17, 15) is 4.79 Å². The van der Waals surface area contributed by atoms with Gasteiger partial charge in [-0.3, -0.25) is 4.79 Å². The molecule has 0 aliphatic rings. The highest BCUT2D eigenvalue weighted by molar-refractivity contribution is 6.07. The molecule has 1 aromatic heterocycles. The Morgan fingerprint density at radius 2 is 1.63 bits per heavy atom. The van der Waals surface area contributed by atoms with Crippen molar-refractivity contribution in [3.05, 3.63) is 35.9 Å². The molecular formula is C20H21NO6. The van der Waals surface area contributed by atoms with E-state index in [0.29, 0.717) is 39.8 Å². The number of aromatic nitrogens is 1. The molecule has 2 aromatic carbocycles. The van der Waals surface area contributed by atoms with Crippen LogP contribution in [0, 0.1) is 0 Å². The van der Waals surface area contributed by atoms with Gasteiger partial charge in [0.05, 0.1) is 32.5 Å². The number of rotatable bonds is 8. The summed E-state index contributed by atoms with van der Waals surface area (Å²) in [5, 5.41) is 0.724. The van der Waals surface area contributed by atoms with Crippen LogP contribution in [0.4, 0.5) is 0 Å². The van der Waals surface area contributed by atoms with Crippen molar-refractivity contribution >= 4 is 17.2 Å². The second kappa shape index (κ2) is 8.01. The van der Waals surface area contributed by atoms with Gasteiger partial charge in [-0.2, -0.15) is 0 Å². The predicted octanol–water partition coefficient (Wildman–Crippen LogP) is 3.66. The molecule has 0 atom stereocenters. The first-order valence-corrected chi connectivity index (χ1v) is 8.20. The van der Waals surface area contributed by atoms with Crippen molar-refractivity contribution in [1.29, 1.82) is 0 Å². The van der Waals surface area contributed by atoms with E-state index in [-0.39, 0.29) is 6.79 Å². The lowest BCUT2D eigenvalue weighted by Crippen LogP contribution is -2.01. The third-order valence-corrected chi connectivity index (χ3v) is 4.26. The number of aromatic amines is 1. The molecule has 0 bridgehead atoms. The van der Waals surface area contributed by atoms with Gasteiger partial charge in [-0.15, -0.1) is 0 Å². The number of nitrogens with one attached hydrogen (secondary N) is 1. The van der Waals surface area contributed by atoms with Gasteiger partial charge in [0.25, 0.3) is 0 Å². The number of hydrogen-bond donors (Lipinski definition) is 1. The Morgan fingerprint density at radius 3 is 2.26 bits per heavy atom. The lowest BCUT2D eigenvalue weighted by Gasteiger charge is -2.10. The number of fused-ring (bicyclic) bond motifs is 1. The number of carbonyl (C=O) groups excluding carboxylic acids is 1. The maximum Gasteiger partial charge on any atom is 0.189 e. The standard InChI is InChI=1S/C20H21NO6/c1-23-11-27-20-16(25-3)8-6-13-14(10-22)18(21-19(13)20)12-5-7-15(24-2)17(9-12)26-4/h5-10,21H,11H2,1-4H3. The Hall–Kier alpha value is -3.19. The summed E-state index contributed by atoms with van der Waals surface area (Å²) in [5.41, 5.74) is 2.60. The van der Waals surface area contributed by atoms with E-state index >= 15 is 0 Å². The van der Waals surface area contributed by atoms with Crippen LogP contribution in [0.15, 0.2) is 30.3 Å². The van der Waals surface area contributed by atoms with E-state index in [4.69, 9.17) is 23.7 Å². The van der Waals surface area contributed by atoms with Crippen molar-refractivity contribution < 1.29 is 28.5 Å². The Kier molecular flexibility index (Phi) is 5.52. The Labute approximate surface area is 156 Å². The third-order valence-electron chi connectivity index (χ3n) is 4.26. The first-order chi connectivity index (χ1) is 13.2. The average Bonchev–Trinajstić information content (AvgIpc) is 3.10. The van der Waals surface area contributed by atoms with Gasteiger partial charge in [0.2, 0.25) is 0 Å². The summed E-state index contributed by atoms with van der Waals surface area (Å²) in [5.74, 6) is 2.19. The van der Waals surface area contributed by atoms with Gasteiger partial charge in [0.15, 0.2) is 36.1 Å². The number of benzene rings is 2. The molecule has 0 spiro atoms. The molecule has 3 aromatic rings. The van der Waals surface area contributed by atoms with Crippen LogP contribution >= 0.6 is 0 Å². The summed E-state index contributed by atoms with van der Waals surface area (Å²) in [6.07, 6.45) is 0.817. The second-order valence-electron chi connectivity index (χ2n) is 5.67. The van der Waals surface area contributed by atoms with E-state index in [1.807, 2.05) is 18.2 Å². The van der Waals surface area contributed by atoms with Crippen molar-refractivity contribution in [3.63, 3.8) is 0 Å². The number of aldehydes is 1. The van der Waals surface area contributed by atoms with Crippen LogP contribution in [0.1, 0.15) is 10.4 Å². The normalized spacial score (nSPS) is 10.7. The number of methoxy groups -OCH3 is 4. The molecular weight excluding hydrogens is 350 g/mol. The van der Waals surface area contributed by atoms with E-state index in [1.54, 1.807) is 33.5 Å². The van der Waals surface area contributed by atoms with Crippen LogP contribution in [0.5, 0.6) is 23.0 Å². The molecule has 7 heteroatoms. The summed E-state index contributed by atoms with van der Waals surface area (Å²) in [4.78, 5) is 15.1. The molecule has 3 rings (SSSR count). The first kappa shape index (κ1) is 18.6. The molecule has 0 aliphatic carbocycles. The Bertz CT molecular complexity index is 963. The summed E-state index contributed by atoms with van der Waals surface area (Å²) >= 11 is 0. The van der Waals surface area contributed by atoms with Crippen LogP contribution in [0.2, 0.25) is 0 Å². The minimum atomic E-state index is 0.0522. The van der Waals surface area contributed by atoms with E-state index in [2.05, 4.69) is 4.98 Å². The number of H-pyrrole nitrogens is 1. The van der Waals surface area contributed by atoms with Gasteiger partial charge in [-0.05, 0) is 30.3 Å². The van der Waals surface area contributed by atoms with E-state index in [0.717, 1.165) is 17.2 Å². The molecule has 27 heavy (non-hydrogen) atoms. The molecule has 0 saturated heterocycles. The predicted molar refractivity (Wildman–Crippen MR) is 101 cm³/mol. The van der Waals surface area contributed by atoms with Crippen LogP contribution in [-0.2, 0) is 4.74 Å². The molecule has 0 saturated carbocycles. The lowest BCUT2D eigenvalue weighted by atomic mass is 10.1. The van der Waals surface area contributed by atoms with Crippen LogP contribution in [-0.4, -0.2) is 46.5 Å². The molecule has 0 amide bonds. The molecule has 142 valence electrons. The fourth-order valence-corrected chi connectivity index (χ4v) is 3.00. The molecule has 0 fully saturated rings. The van der Waals surface area contributed by atoms with Gasteiger partial charge < -0.3 is 28.7 Å². The van der Waals surface area contributed by atoms with Crippen molar-refractivity contribution in [2.45, 2.75) is 0 Å². The van der Waals surface area contributed by atoms with Crippen LogP contribution < -0.4 is 18.9 Å². The lowest BCUT2D eigenvalue weighted by molar-refractivity contribution is 0.0502. The number of hydrogen-bond acceptors (Lipinski definition) is 6. The zero-order valence-electron chi connectivity index (χ0n) is 15.6. The Balaban J connectivity index is 2.23. The van der Waals surface area contributed by atoms with Gasteiger partial charge in [-0.25, -0.2) is 0 Å². The average molecular weight is 371 g/mol. The topological polar surface area (TPSA) is 79.0 Å². The molecule has 7 nitrogen and oxygen atoms in total. The summed E-state index contributed by atoms with van der Waals surface area (Å²) in [6.45, 7) is 0.0522. The van der Waals surface area contributed by atoms with E-state index in [1.165, 1.54) is 7.11 Å². The number of carbonyl (C=O) groups is 1. The summed E-state index contributed by atoms with van der Waals surface area (Å²) < 4.78 is 26.7. The van der Waals surface area contributed by atoms with Gasteiger partial charge >= 0.3 is 0 Å². The van der Waals surface area contributed by atoms with Gasteiger partial charge in [0, 0.05) is 23.6 Å². The molecule has 1 heterocycles. The minimum absolute atomic E-state index is 0.0522. The highest BCUT2D eigenvalue weighted by Crippen LogP contribution is 2.41. The fourth-order valence-electron chi connectivity index (χ4n) is 3.00. The SMILES string of the molecule is COCOc1c(OC)ccc2c(C=O)c(-c3ccc(OC)c(OC)c3)[nH]c12. The molecule has 0 unspecified atom stereocenters. The zero-order valence-corrected chi connectivity index (χ0v) is 15.6. The molecule has 0 radical (unpaired) electrons. The third kappa shape index (κ3) is 3.29. The highest BCUT2D eigenvalue weighted by Gasteiger charge is 2.20. The number of ether oxygens (including phenoxy) is 5. The van der Waals surface area contributed by atoms with Crippen LogP contribution in [0.25, 0.3) is 22.2 Å². The van der Waals surface area contributed by atoms with Crippen molar-refractivity contribution in [2.24, 2.45) is 0 Å². The second-order valence-corrected chi connectivity index (χ2v) is 5.67. The van der Waals surface area contributed by atoms with Gasteiger partial charge in [-0.1, -0.05) is 0 Å². The Morgan fingerprint density at radius 1 is 0.926 bits per heavy atom. The maximum absolute atomic E-state index is 11.9.